The van der Waals surface area contributed by atoms with E-state index >= 15 is 0 Å². The van der Waals surface area contributed by atoms with Crippen molar-refractivity contribution in [3.05, 3.63) is 58.3 Å². The third-order valence-electron chi connectivity index (χ3n) is 2.29. The zero-order chi connectivity index (χ0) is 13.7. The van der Waals surface area contributed by atoms with Crippen molar-refractivity contribution < 1.29 is 9.90 Å². The number of amides is 1. The first-order valence-electron chi connectivity index (χ1n) is 5.39. The molecule has 2 aromatic rings. The Morgan fingerprint density at radius 2 is 2.05 bits per heavy atom. The van der Waals surface area contributed by atoms with Gasteiger partial charge in [0.05, 0.1) is 11.8 Å². The highest BCUT2D eigenvalue weighted by atomic mass is 79.9. The first-order chi connectivity index (χ1) is 9.16. The van der Waals surface area contributed by atoms with E-state index in [1.54, 1.807) is 30.6 Å². The fraction of sp³-hybridized carbons (Fsp3) is 0. The van der Waals surface area contributed by atoms with E-state index in [1.807, 2.05) is 0 Å². The number of benzene rings is 1. The highest BCUT2D eigenvalue weighted by Gasteiger charge is 2.10. The zero-order valence-electron chi connectivity index (χ0n) is 9.75. The number of phenolic OH excluding ortho intramolecular Hbond substituents is 1. The Labute approximate surface area is 118 Å². The second-order valence-corrected chi connectivity index (χ2v) is 4.56. The van der Waals surface area contributed by atoms with E-state index in [0.717, 1.165) is 5.56 Å². The lowest BCUT2D eigenvalue weighted by Crippen LogP contribution is -2.17. The quantitative estimate of drug-likeness (QED) is 0.673. The lowest BCUT2D eigenvalue weighted by molar-refractivity contribution is 0.0952. The molecule has 0 unspecified atom stereocenters. The van der Waals surface area contributed by atoms with Crippen LogP contribution in [0.1, 0.15) is 15.9 Å². The molecule has 0 aliphatic heterocycles. The number of aromatic nitrogens is 1. The van der Waals surface area contributed by atoms with Crippen molar-refractivity contribution in [3.8, 4) is 5.75 Å². The Bertz CT molecular complexity index is 615. The number of hydrazone groups is 1. The predicted molar refractivity (Wildman–Crippen MR) is 75.1 cm³/mol. The second kappa shape index (κ2) is 6.10. The summed E-state index contributed by atoms with van der Waals surface area (Å²) in [5.74, 6) is -0.580. The van der Waals surface area contributed by atoms with Crippen LogP contribution in [0.2, 0.25) is 0 Å². The largest absolute Gasteiger partial charge is 0.507 e. The number of nitrogens with zero attached hydrogens (tertiary/aromatic N) is 2. The number of hydrogen-bond acceptors (Lipinski definition) is 4. The van der Waals surface area contributed by atoms with Gasteiger partial charge in [-0.2, -0.15) is 5.10 Å². The molecule has 2 rings (SSSR count). The molecule has 6 heteroatoms. The molecule has 0 bridgehead atoms. The van der Waals surface area contributed by atoms with Gasteiger partial charge in [-0.25, -0.2) is 5.43 Å². The number of nitrogens with one attached hydrogen (secondary N) is 1. The van der Waals surface area contributed by atoms with E-state index in [4.69, 9.17) is 0 Å². The van der Waals surface area contributed by atoms with Crippen LogP contribution < -0.4 is 5.43 Å². The highest BCUT2D eigenvalue weighted by Crippen LogP contribution is 2.21. The summed E-state index contributed by atoms with van der Waals surface area (Å²) in [4.78, 5) is 15.7. The van der Waals surface area contributed by atoms with Crippen LogP contribution in [-0.4, -0.2) is 22.2 Å². The number of phenols is 1. The van der Waals surface area contributed by atoms with Crippen LogP contribution in [0.25, 0.3) is 0 Å². The summed E-state index contributed by atoms with van der Waals surface area (Å²) in [7, 11) is 0. The summed E-state index contributed by atoms with van der Waals surface area (Å²) < 4.78 is 0.702. The molecule has 0 spiro atoms. The van der Waals surface area contributed by atoms with Gasteiger partial charge in [0.1, 0.15) is 5.75 Å². The van der Waals surface area contributed by atoms with E-state index in [-0.39, 0.29) is 11.3 Å². The molecule has 1 aromatic carbocycles. The van der Waals surface area contributed by atoms with Crippen LogP contribution in [0.15, 0.2) is 52.3 Å². The Hall–Kier alpha value is -2.21. The lowest BCUT2D eigenvalue weighted by atomic mass is 10.2. The van der Waals surface area contributed by atoms with Gasteiger partial charge in [-0.05, 0) is 35.9 Å². The molecule has 0 aliphatic carbocycles. The maximum absolute atomic E-state index is 11.8. The van der Waals surface area contributed by atoms with Crippen molar-refractivity contribution in [3.63, 3.8) is 0 Å². The van der Waals surface area contributed by atoms with Gasteiger partial charge in [0.25, 0.3) is 5.91 Å². The van der Waals surface area contributed by atoms with E-state index in [0.29, 0.717) is 4.47 Å². The minimum atomic E-state index is -0.482. The van der Waals surface area contributed by atoms with E-state index in [9.17, 15) is 9.90 Å². The van der Waals surface area contributed by atoms with Crippen molar-refractivity contribution >= 4 is 28.1 Å². The molecule has 2 N–H and O–H groups in total. The highest BCUT2D eigenvalue weighted by molar-refractivity contribution is 9.10. The summed E-state index contributed by atoms with van der Waals surface area (Å²) in [6.45, 7) is 0. The monoisotopic (exact) mass is 319 g/mol. The maximum Gasteiger partial charge on any atom is 0.275 e. The van der Waals surface area contributed by atoms with E-state index in [1.165, 1.54) is 18.3 Å². The molecule has 0 atom stereocenters. The molecule has 0 aliphatic rings. The third-order valence-corrected chi connectivity index (χ3v) is 2.78. The molecule has 0 saturated heterocycles. The van der Waals surface area contributed by atoms with E-state index < -0.39 is 5.91 Å². The van der Waals surface area contributed by atoms with Crippen LogP contribution in [0.5, 0.6) is 5.75 Å². The molecule has 0 radical (unpaired) electrons. The number of aromatic hydroxyl groups is 1. The van der Waals surface area contributed by atoms with Gasteiger partial charge < -0.3 is 5.11 Å². The zero-order valence-corrected chi connectivity index (χ0v) is 11.3. The van der Waals surface area contributed by atoms with Crippen molar-refractivity contribution in [2.45, 2.75) is 0 Å². The number of rotatable bonds is 3. The van der Waals surface area contributed by atoms with Gasteiger partial charge in [-0.3, -0.25) is 9.78 Å². The predicted octanol–water partition coefficient (Wildman–Crippen LogP) is 2.31. The third kappa shape index (κ3) is 3.62. The standard InChI is InChI=1S/C13H10BrN3O2/c14-10-1-2-12(18)11(7-10)13(19)17-16-8-9-3-5-15-6-4-9/h1-8,18H,(H,17,19)/b16-8+. The summed E-state index contributed by atoms with van der Waals surface area (Å²) in [6.07, 6.45) is 4.75. The van der Waals surface area contributed by atoms with Crippen LogP contribution in [0.4, 0.5) is 0 Å². The first-order valence-corrected chi connectivity index (χ1v) is 6.18. The number of carbonyl (C=O) groups is 1. The second-order valence-electron chi connectivity index (χ2n) is 3.64. The molecule has 5 nitrogen and oxygen atoms in total. The Morgan fingerprint density at radius 3 is 2.79 bits per heavy atom. The van der Waals surface area contributed by atoms with E-state index in [2.05, 4.69) is 31.4 Å². The van der Waals surface area contributed by atoms with Gasteiger partial charge in [-0.1, -0.05) is 15.9 Å². The molecule has 0 saturated carbocycles. The topological polar surface area (TPSA) is 74.6 Å². The average Bonchev–Trinajstić information content (AvgIpc) is 2.42. The Morgan fingerprint density at radius 1 is 1.32 bits per heavy atom. The fourth-order valence-corrected chi connectivity index (χ4v) is 1.73. The fourth-order valence-electron chi connectivity index (χ4n) is 1.37. The molecule has 1 aromatic heterocycles. The molecular weight excluding hydrogens is 310 g/mol. The van der Waals surface area contributed by atoms with Crippen molar-refractivity contribution in [1.29, 1.82) is 0 Å². The number of pyridine rings is 1. The minimum absolute atomic E-state index is 0.0974. The summed E-state index contributed by atoms with van der Waals surface area (Å²) in [5, 5.41) is 13.4. The van der Waals surface area contributed by atoms with Gasteiger partial charge in [-0.15, -0.1) is 0 Å². The Kier molecular flexibility index (Phi) is 4.25. The first kappa shape index (κ1) is 13.2. The Balaban J connectivity index is 2.06. The smallest absolute Gasteiger partial charge is 0.275 e. The van der Waals surface area contributed by atoms with Crippen molar-refractivity contribution in [2.75, 3.05) is 0 Å². The number of halogens is 1. The molecule has 96 valence electrons. The maximum atomic E-state index is 11.8. The van der Waals surface area contributed by atoms with Crippen LogP contribution in [-0.2, 0) is 0 Å². The molecule has 19 heavy (non-hydrogen) atoms. The van der Waals surface area contributed by atoms with Crippen LogP contribution in [0, 0.1) is 0 Å². The lowest BCUT2D eigenvalue weighted by Gasteiger charge is -2.03. The normalized spacial score (nSPS) is 10.6. The van der Waals surface area contributed by atoms with Crippen molar-refractivity contribution in [1.82, 2.24) is 10.4 Å². The molecular formula is C13H10BrN3O2. The average molecular weight is 320 g/mol. The van der Waals surface area contributed by atoms with Crippen LogP contribution in [0.3, 0.4) is 0 Å². The summed E-state index contributed by atoms with van der Waals surface area (Å²) in [6, 6.07) is 8.11. The van der Waals surface area contributed by atoms with Crippen molar-refractivity contribution in [2.24, 2.45) is 5.10 Å². The number of hydrogen-bond donors (Lipinski definition) is 2. The molecule has 0 fully saturated rings. The summed E-state index contributed by atoms with van der Waals surface area (Å²) >= 11 is 3.23. The van der Waals surface area contributed by atoms with Crippen LogP contribution >= 0.6 is 15.9 Å². The molecule has 1 heterocycles. The molecule has 1 amide bonds. The summed E-state index contributed by atoms with van der Waals surface area (Å²) in [5.41, 5.74) is 3.31. The minimum Gasteiger partial charge on any atom is -0.507 e. The number of carbonyl (C=O) groups excluding carboxylic acids is 1. The SMILES string of the molecule is O=C(N/N=C/c1ccncc1)c1cc(Br)ccc1O. The van der Waals surface area contributed by atoms with Gasteiger partial charge in [0.2, 0.25) is 0 Å². The van der Waals surface area contributed by atoms with Gasteiger partial charge in [0.15, 0.2) is 0 Å². The van der Waals surface area contributed by atoms with Gasteiger partial charge >= 0.3 is 0 Å². The van der Waals surface area contributed by atoms with Gasteiger partial charge in [0, 0.05) is 16.9 Å².